The summed E-state index contributed by atoms with van der Waals surface area (Å²) in [4.78, 5) is 44.6. The van der Waals surface area contributed by atoms with E-state index in [9.17, 15) is 14.4 Å². The maximum Gasteiger partial charge on any atom is 0.237 e. The number of para-hydroxylation sites is 2. The third-order valence-electron chi connectivity index (χ3n) is 6.70. The Morgan fingerprint density at radius 2 is 1.32 bits per heavy atom. The molecule has 0 fully saturated rings. The Morgan fingerprint density at radius 1 is 0.757 bits per heavy atom. The van der Waals surface area contributed by atoms with Gasteiger partial charge in [0.25, 0.3) is 0 Å². The van der Waals surface area contributed by atoms with Gasteiger partial charge in [-0.05, 0) is 71.8 Å². The van der Waals surface area contributed by atoms with Crippen LogP contribution in [0.1, 0.15) is 48.9 Å². The number of amides is 1. The van der Waals surface area contributed by atoms with Crippen molar-refractivity contribution in [2.45, 2.75) is 12.3 Å². The van der Waals surface area contributed by atoms with Crippen LogP contribution in [0.4, 0.5) is 11.4 Å². The molecular weight excluding hydrogens is 596 g/mol. The Kier molecular flexibility index (Phi) is 5.97. The Labute approximate surface area is 229 Å². The van der Waals surface area contributed by atoms with Crippen LogP contribution in [-0.4, -0.2) is 23.2 Å². The molecule has 7 heteroatoms. The van der Waals surface area contributed by atoms with Gasteiger partial charge in [0.15, 0.2) is 11.6 Å². The zero-order valence-electron chi connectivity index (χ0n) is 19.3. The average molecular weight is 614 g/mol. The van der Waals surface area contributed by atoms with Crippen molar-refractivity contribution < 1.29 is 14.4 Å². The molecule has 0 saturated carbocycles. The summed E-state index contributed by atoms with van der Waals surface area (Å²) >= 11 is 6.79. The van der Waals surface area contributed by atoms with Gasteiger partial charge < -0.3 is 5.32 Å². The molecule has 6 rings (SSSR count). The van der Waals surface area contributed by atoms with Gasteiger partial charge >= 0.3 is 0 Å². The molecule has 0 saturated heterocycles. The summed E-state index contributed by atoms with van der Waals surface area (Å²) in [6.07, 6.45) is 0.458. The Balaban J connectivity index is 1.36. The van der Waals surface area contributed by atoms with Crippen molar-refractivity contribution >= 4 is 66.4 Å². The third kappa shape index (κ3) is 4.18. The van der Waals surface area contributed by atoms with Gasteiger partial charge in [-0.2, -0.15) is 0 Å². The molecule has 1 atom stereocenters. The van der Waals surface area contributed by atoms with E-state index in [1.54, 1.807) is 42.5 Å². The van der Waals surface area contributed by atoms with Crippen molar-refractivity contribution in [3.8, 4) is 0 Å². The van der Waals surface area contributed by atoms with E-state index in [0.29, 0.717) is 45.8 Å². The standard InChI is InChI=1S/C30H18Br2N2O3/c31-19-11-7-16(8-12-19)28(35)22-5-1-3-18-15-24(33-26(18)22)25-21-4-2-6-23(27(21)34-30(25)37)29(36)17-9-13-20(32)14-10-17/h1-14,25H,15H2,(H,34,37). The van der Waals surface area contributed by atoms with Crippen molar-refractivity contribution in [1.29, 1.82) is 0 Å². The highest BCUT2D eigenvalue weighted by Gasteiger charge is 2.39. The van der Waals surface area contributed by atoms with Crippen LogP contribution in [0.25, 0.3) is 0 Å². The quantitative estimate of drug-likeness (QED) is 0.245. The van der Waals surface area contributed by atoms with Crippen molar-refractivity contribution in [1.82, 2.24) is 0 Å². The van der Waals surface area contributed by atoms with E-state index in [2.05, 4.69) is 37.2 Å². The van der Waals surface area contributed by atoms with Crippen molar-refractivity contribution in [2.24, 2.45) is 4.99 Å². The number of anilines is 1. The second kappa shape index (κ2) is 9.32. The first-order chi connectivity index (χ1) is 17.9. The van der Waals surface area contributed by atoms with Crippen LogP contribution >= 0.6 is 31.9 Å². The van der Waals surface area contributed by atoms with Gasteiger partial charge in [-0.25, -0.2) is 0 Å². The molecule has 1 unspecified atom stereocenters. The first-order valence-corrected chi connectivity index (χ1v) is 13.2. The van der Waals surface area contributed by atoms with Crippen LogP contribution in [0.3, 0.4) is 0 Å². The number of rotatable bonds is 5. The molecule has 0 spiro atoms. The number of benzene rings is 4. The number of carbonyl (C=O) groups is 3. The summed E-state index contributed by atoms with van der Waals surface area (Å²) in [5, 5.41) is 2.93. The monoisotopic (exact) mass is 612 g/mol. The summed E-state index contributed by atoms with van der Waals surface area (Å²) in [7, 11) is 0. The number of hydrogen-bond acceptors (Lipinski definition) is 4. The molecule has 2 aliphatic rings. The van der Waals surface area contributed by atoms with E-state index in [0.717, 1.165) is 20.1 Å². The van der Waals surface area contributed by atoms with E-state index in [-0.39, 0.29) is 17.5 Å². The second-order valence-electron chi connectivity index (χ2n) is 8.96. The van der Waals surface area contributed by atoms with E-state index in [1.807, 2.05) is 42.5 Å². The smallest absolute Gasteiger partial charge is 0.237 e. The first kappa shape index (κ1) is 23.7. The minimum Gasteiger partial charge on any atom is -0.324 e. The lowest BCUT2D eigenvalue weighted by Gasteiger charge is -2.10. The van der Waals surface area contributed by atoms with Crippen molar-refractivity contribution in [3.63, 3.8) is 0 Å². The van der Waals surface area contributed by atoms with E-state index < -0.39 is 5.92 Å². The zero-order valence-corrected chi connectivity index (χ0v) is 22.5. The maximum atomic E-state index is 13.3. The predicted octanol–water partition coefficient (Wildman–Crippen LogP) is 7.04. The molecule has 2 aliphatic heterocycles. The Morgan fingerprint density at radius 3 is 1.97 bits per heavy atom. The van der Waals surface area contributed by atoms with Crippen LogP contribution in [0.5, 0.6) is 0 Å². The highest BCUT2D eigenvalue weighted by molar-refractivity contribution is 9.10. The van der Waals surface area contributed by atoms with Gasteiger partial charge in [0, 0.05) is 43.3 Å². The molecule has 0 radical (unpaired) electrons. The first-order valence-electron chi connectivity index (χ1n) is 11.6. The molecule has 1 amide bonds. The molecule has 0 aliphatic carbocycles. The number of fused-ring (bicyclic) bond motifs is 2. The van der Waals surface area contributed by atoms with Crippen LogP contribution in [0.15, 0.2) is 98.9 Å². The predicted molar refractivity (Wildman–Crippen MR) is 150 cm³/mol. The van der Waals surface area contributed by atoms with Gasteiger partial charge in [-0.1, -0.05) is 56.1 Å². The molecule has 4 aromatic rings. The molecule has 4 aromatic carbocycles. The number of aliphatic imine (C=N–C) groups is 1. The lowest BCUT2D eigenvalue weighted by Crippen LogP contribution is -2.21. The normalized spacial score (nSPS) is 15.6. The second-order valence-corrected chi connectivity index (χ2v) is 10.8. The maximum absolute atomic E-state index is 13.3. The third-order valence-corrected chi connectivity index (χ3v) is 7.76. The molecular formula is C30H18Br2N2O3. The van der Waals surface area contributed by atoms with Gasteiger partial charge in [0.2, 0.25) is 5.91 Å². The van der Waals surface area contributed by atoms with Crippen LogP contribution in [-0.2, 0) is 11.2 Å². The van der Waals surface area contributed by atoms with E-state index >= 15 is 0 Å². The van der Waals surface area contributed by atoms with Crippen molar-refractivity contribution in [2.75, 3.05) is 5.32 Å². The zero-order chi connectivity index (χ0) is 25.7. The number of ketones is 2. The minimum atomic E-state index is -0.629. The number of carbonyl (C=O) groups excluding carboxylic acids is 3. The minimum absolute atomic E-state index is 0.118. The fourth-order valence-electron chi connectivity index (χ4n) is 4.91. The van der Waals surface area contributed by atoms with E-state index in [4.69, 9.17) is 4.99 Å². The lowest BCUT2D eigenvalue weighted by molar-refractivity contribution is -0.115. The molecule has 37 heavy (non-hydrogen) atoms. The number of hydrogen-bond donors (Lipinski definition) is 1. The largest absolute Gasteiger partial charge is 0.324 e. The van der Waals surface area contributed by atoms with Gasteiger partial charge in [0.1, 0.15) is 5.92 Å². The van der Waals surface area contributed by atoms with E-state index in [1.165, 1.54) is 0 Å². The van der Waals surface area contributed by atoms with Crippen molar-refractivity contribution in [3.05, 3.63) is 127 Å². The summed E-state index contributed by atoms with van der Waals surface area (Å²) in [6, 6.07) is 25.3. The Hall–Kier alpha value is -3.68. The number of nitrogens with one attached hydrogen (secondary N) is 1. The van der Waals surface area contributed by atoms with Crippen LogP contribution < -0.4 is 5.32 Å². The summed E-state index contributed by atoms with van der Waals surface area (Å²) in [5.74, 6) is -1.13. The molecule has 0 bridgehead atoms. The molecule has 1 N–H and O–H groups in total. The van der Waals surface area contributed by atoms with Crippen LogP contribution in [0, 0.1) is 0 Å². The van der Waals surface area contributed by atoms with Gasteiger partial charge in [0.05, 0.1) is 11.4 Å². The number of nitrogens with zero attached hydrogens (tertiary/aromatic N) is 1. The summed E-state index contributed by atoms with van der Waals surface area (Å²) in [5.41, 5.74) is 5.47. The van der Waals surface area contributed by atoms with Crippen LogP contribution in [0.2, 0.25) is 0 Å². The SMILES string of the molecule is O=C(c1ccc(Br)cc1)c1cccc2c1N=C(C1C(=O)Nc3c(C(=O)c4ccc(Br)cc4)cccc31)C2. The fourth-order valence-corrected chi connectivity index (χ4v) is 5.44. The molecule has 0 aromatic heterocycles. The average Bonchev–Trinajstić information content (AvgIpc) is 3.48. The molecule has 2 heterocycles. The number of halogens is 2. The fraction of sp³-hybridized carbons (Fsp3) is 0.0667. The highest BCUT2D eigenvalue weighted by Crippen LogP contribution is 2.42. The highest BCUT2D eigenvalue weighted by atomic mass is 79.9. The summed E-state index contributed by atoms with van der Waals surface area (Å²) in [6.45, 7) is 0. The summed E-state index contributed by atoms with van der Waals surface area (Å²) < 4.78 is 1.78. The van der Waals surface area contributed by atoms with Gasteiger partial charge in [-0.3, -0.25) is 19.4 Å². The lowest BCUT2D eigenvalue weighted by atomic mass is 9.90. The topological polar surface area (TPSA) is 75.6 Å². The molecule has 5 nitrogen and oxygen atoms in total. The Bertz CT molecular complexity index is 1640. The molecule has 180 valence electrons. The van der Waals surface area contributed by atoms with Gasteiger partial charge in [-0.15, -0.1) is 0 Å².